The van der Waals surface area contributed by atoms with E-state index < -0.39 is 10.0 Å². The Kier molecular flexibility index (Phi) is 4.80. The van der Waals surface area contributed by atoms with Gasteiger partial charge in [-0.3, -0.25) is 4.90 Å². The van der Waals surface area contributed by atoms with Crippen molar-refractivity contribution in [3.8, 4) is 0 Å². The highest BCUT2D eigenvalue weighted by atomic mass is 32.2. The van der Waals surface area contributed by atoms with Crippen molar-refractivity contribution in [2.24, 2.45) is 0 Å². The summed E-state index contributed by atoms with van der Waals surface area (Å²) in [6, 6.07) is 0. The van der Waals surface area contributed by atoms with Gasteiger partial charge in [-0.2, -0.15) is 0 Å². The van der Waals surface area contributed by atoms with E-state index in [4.69, 9.17) is 0 Å². The maximum absolute atomic E-state index is 11.1. The molecule has 0 radical (unpaired) electrons. The smallest absolute Gasteiger partial charge is 0.211 e. The normalized spacial score (nSPS) is 19.8. The standard InChI is InChI=1S/C8H19N3O2S/c1-2-14(12,13)10-5-8-11-6-3-9-4-7-11/h9-10H,2-8H2,1H3. The van der Waals surface area contributed by atoms with Gasteiger partial charge in [-0.05, 0) is 6.92 Å². The SMILES string of the molecule is CCS(=O)(=O)NCCN1CCNCC1. The Bertz CT molecular complexity index is 247. The van der Waals surface area contributed by atoms with Crippen molar-refractivity contribution < 1.29 is 8.42 Å². The van der Waals surface area contributed by atoms with Crippen LogP contribution >= 0.6 is 0 Å². The molecule has 5 nitrogen and oxygen atoms in total. The molecule has 0 atom stereocenters. The quantitative estimate of drug-likeness (QED) is 0.614. The fourth-order valence-corrected chi connectivity index (χ4v) is 2.00. The summed E-state index contributed by atoms with van der Waals surface area (Å²) in [6.45, 7) is 6.99. The molecule has 0 amide bonds. The second-order valence-electron chi connectivity index (χ2n) is 3.39. The van der Waals surface area contributed by atoms with Gasteiger partial charge in [-0.1, -0.05) is 0 Å². The van der Waals surface area contributed by atoms with Gasteiger partial charge in [0.2, 0.25) is 10.0 Å². The van der Waals surface area contributed by atoms with Gasteiger partial charge in [0.05, 0.1) is 5.75 Å². The molecular weight excluding hydrogens is 202 g/mol. The molecular formula is C8H19N3O2S. The Hall–Kier alpha value is -0.170. The zero-order chi connectivity index (χ0) is 10.4. The summed E-state index contributed by atoms with van der Waals surface area (Å²) in [7, 11) is -3.01. The summed E-state index contributed by atoms with van der Waals surface area (Å²) < 4.78 is 24.8. The van der Waals surface area contributed by atoms with Gasteiger partial charge in [0.15, 0.2) is 0 Å². The lowest BCUT2D eigenvalue weighted by atomic mass is 10.3. The molecule has 0 bridgehead atoms. The van der Waals surface area contributed by atoms with Gasteiger partial charge in [0, 0.05) is 39.3 Å². The molecule has 2 N–H and O–H groups in total. The van der Waals surface area contributed by atoms with Crippen LogP contribution < -0.4 is 10.0 Å². The van der Waals surface area contributed by atoms with Crippen LogP contribution in [0, 0.1) is 0 Å². The topological polar surface area (TPSA) is 61.4 Å². The van der Waals surface area contributed by atoms with Gasteiger partial charge in [0.25, 0.3) is 0 Å². The summed E-state index contributed by atoms with van der Waals surface area (Å²) in [5, 5.41) is 3.25. The lowest BCUT2D eigenvalue weighted by Crippen LogP contribution is -2.46. The molecule has 84 valence electrons. The van der Waals surface area contributed by atoms with Crippen LogP contribution in [0.15, 0.2) is 0 Å². The molecule has 1 fully saturated rings. The molecule has 0 aromatic rings. The molecule has 1 aliphatic heterocycles. The fourth-order valence-electron chi connectivity index (χ4n) is 1.40. The molecule has 0 aromatic heterocycles. The number of nitrogens with zero attached hydrogens (tertiary/aromatic N) is 1. The molecule has 0 aliphatic carbocycles. The zero-order valence-corrected chi connectivity index (χ0v) is 9.44. The molecule has 0 aromatic carbocycles. The minimum Gasteiger partial charge on any atom is -0.314 e. The molecule has 0 saturated carbocycles. The highest BCUT2D eigenvalue weighted by Crippen LogP contribution is 1.90. The minimum absolute atomic E-state index is 0.161. The average molecular weight is 221 g/mol. The number of sulfonamides is 1. The Morgan fingerprint density at radius 2 is 2.00 bits per heavy atom. The number of nitrogens with one attached hydrogen (secondary N) is 2. The van der Waals surface area contributed by atoms with Crippen LogP contribution in [0.1, 0.15) is 6.92 Å². The van der Waals surface area contributed by atoms with E-state index in [2.05, 4.69) is 14.9 Å². The Labute approximate surface area is 85.9 Å². The monoisotopic (exact) mass is 221 g/mol. The highest BCUT2D eigenvalue weighted by Gasteiger charge is 2.10. The summed E-state index contributed by atoms with van der Waals surface area (Å²) in [5.74, 6) is 0.161. The van der Waals surface area contributed by atoms with Gasteiger partial charge in [-0.25, -0.2) is 13.1 Å². The maximum Gasteiger partial charge on any atom is 0.211 e. The van der Waals surface area contributed by atoms with E-state index in [1.807, 2.05) is 0 Å². The molecule has 1 aliphatic rings. The summed E-state index contributed by atoms with van der Waals surface area (Å²) >= 11 is 0. The van der Waals surface area contributed by atoms with E-state index in [9.17, 15) is 8.42 Å². The van der Waals surface area contributed by atoms with Gasteiger partial charge in [0.1, 0.15) is 0 Å². The molecule has 14 heavy (non-hydrogen) atoms. The van der Waals surface area contributed by atoms with Crippen LogP contribution in [-0.4, -0.2) is 58.3 Å². The van der Waals surface area contributed by atoms with Crippen LogP contribution in [0.4, 0.5) is 0 Å². The lowest BCUT2D eigenvalue weighted by Gasteiger charge is -2.26. The predicted molar refractivity (Wildman–Crippen MR) is 56.8 cm³/mol. The van der Waals surface area contributed by atoms with Crippen molar-refractivity contribution in [1.82, 2.24) is 14.9 Å². The van der Waals surface area contributed by atoms with Gasteiger partial charge >= 0.3 is 0 Å². The predicted octanol–water partition coefficient (Wildman–Crippen LogP) is -1.17. The van der Waals surface area contributed by atoms with Crippen LogP contribution in [0.3, 0.4) is 0 Å². The van der Waals surface area contributed by atoms with Crippen molar-refractivity contribution in [1.29, 1.82) is 0 Å². The van der Waals surface area contributed by atoms with E-state index in [0.29, 0.717) is 6.54 Å². The molecule has 6 heteroatoms. The second-order valence-corrected chi connectivity index (χ2v) is 5.48. The summed E-state index contributed by atoms with van der Waals surface area (Å²) in [4.78, 5) is 2.26. The largest absolute Gasteiger partial charge is 0.314 e. The first-order chi connectivity index (χ1) is 6.64. The Morgan fingerprint density at radius 3 is 2.57 bits per heavy atom. The fraction of sp³-hybridized carbons (Fsp3) is 1.00. The maximum atomic E-state index is 11.1. The first kappa shape index (κ1) is 11.9. The third-order valence-corrected chi connectivity index (χ3v) is 3.74. The number of piperazine rings is 1. The molecule has 1 heterocycles. The first-order valence-corrected chi connectivity index (χ1v) is 6.69. The van der Waals surface area contributed by atoms with Crippen molar-refractivity contribution in [3.63, 3.8) is 0 Å². The van der Waals surface area contributed by atoms with E-state index in [1.165, 1.54) is 0 Å². The molecule has 0 unspecified atom stereocenters. The van der Waals surface area contributed by atoms with Crippen molar-refractivity contribution in [3.05, 3.63) is 0 Å². The second kappa shape index (κ2) is 5.65. The van der Waals surface area contributed by atoms with Crippen molar-refractivity contribution in [2.75, 3.05) is 45.0 Å². The minimum atomic E-state index is -3.01. The van der Waals surface area contributed by atoms with E-state index in [1.54, 1.807) is 6.92 Å². The van der Waals surface area contributed by atoms with E-state index >= 15 is 0 Å². The van der Waals surface area contributed by atoms with E-state index in [-0.39, 0.29) is 5.75 Å². The van der Waals surface area contributed by atoms with Gasteiger partial charge in [-0.15, -0.1) is 0 Å². The van der Waals surface area contributed by atoms with Crippen LogP contribution in [0.2, 0.25) is 0 Å². The summed E-state index contributed by atoms with van der Waals surface area (Å²) in [6.07, 6.45) is 0. The molecule has 1 saturated heterocycles. The average Bonchev–Trinajstić information content (AvgIpc) is 2.19. The lowest BCUT2D eigenvalue weighted by molar-refractivity contribution is 0.245. The van der Waals surface area contributed by atoms with Crippen molar-refractivity contribution >= 4 is 10.0 Å². The van der Waals surface area contributed by atoms with Crippen molar-refractivity contribution in [2.45, 2.75) is 6.92 Å². The van der Waals surface area contributed by atoms with Crippen LogP contribution in [-0.2, 0) is 10.0 Å². The van der Waals surface area contributed by atoms with Crippen LogP contribution in [0.5, 0.6) is 0 Å². The first-order valence-electron chi connectivity index (χ1n) is 5.04. The third-order valence-electron chi connectivity index (χ3n) is 2.34. The number of hydrogen-bond donors (Lipinski definition) is 2. The van der Waals surface area contributed by atoms with Crippen LogP contribution in [0.25, 0.3) is 0 Å². The molecule has 0 spiro atoms. The van der Waals surface area contributed by atoms with E-state index in [0.717, 1.165) is 32.7 Å². The molecule has 1 rings (SSSR count). The number of hydrogen-bond acceptors (Lipinski definition) is 4. The number of rotatable bonds is 5. The zero-order valence-electron chi connectivity index (χ0n) is 8.62. The van der Waals surface area contributed by atoms with Gasteiger partial charge < -0.3 is 5.32 Å². The Balaban J connectivity index is 2.14. The Morgan fingerprint density at radius 1 is 1.36 bits per heavy atom. The summed E-state index contributed by atoms with van der Waals surface area (Å²) in [5.41, 5.74) is 0. The highest BCUT2D eigenvalue weighted by molar-refractivity contribution is 7.89. The third kappa shape index (κ3) is 4.36.